The summed E-state index contributed by atoms with van der Waals surface area (Å²) in [4.78, 5) is 11.8. The zero-order valence-electron chi connectivity index (χ0n) is 11.7. The van der Waals surface area contributed by atoms with E-state index in [9.17, 15) is 9.90 Å². The van der Waals surface area contributed by atoms with Gasteiger partial charge in [0.05, 0.1) is 0 Å². The first kappa shape index (κ1) is 15.1. The Morgan fingerprint density at radius 2 is 2.05 bits per heavy atom. The number of hydrogen-bond acceptors (Lipinski definition) is 4. The van der Waals surface area contributed by atoms with Crippen molar-refractivity contribution in [1.29, 1.82) is 0 Å². The first-order chi connectivity index (χ1) is 9.19. The number of rotatable bonds is 8. The second-order valence-corrected chi connectivity index (χ2v) is 6.89. The highest BCUT2D eigenvalue weighted by Gasteiger charge is 2.50. The van der Waals surface area contributed by atoms with Crippen LogP contribution in [-0.4, -0.2) is 47.4 Å². The van der Waals surface area contributed by atoms with Gasteiger partial charge in [0, 0.05) is 24.2 Å². The average Bonchev–Trinajstić information content (AvgIpc) is 3.25. The molecule has 0 aromatic heterocycles. The van der Waals surface area contributed by atoms with E-state index in [4.69, 9.17) is 4.74 Å². The minimum absolute atomic E-state index is 0.323. The second-order valence-electron chi connectivity index (χ2n) is 5.60. The average molecular weight is 287 g/mol. The number of ether oxygens (including phenoxy) is 1. The Balaban J connectivity index is 1.93. The van der Waals surface area contributed by atoms with Gasteiger partial charge in [-0.05, 0) is 44.6 Å². The highest BCUT2D eigenvalue weighted by Crippen LogP contribution is 2.42. The van der Waals surface area contributed by atoms with Crippen molar-refractivity contribution in [2.75, 3.05) is 25.5 Å². The Morgan fingerprint density at radius 3 is 2.58 bits per heavy atom. The van der Waals surface area contributed by atoms with Crippen LogP contribution in [0.25, 0.3) is 0 Å². The predicted octanol–water partition coefficient (Wildman–Crippen LogP) is 2.13. The second kappa shape index (κ2) is 6.95. The van der Waals surface area contributed by atoms with Crippen LogP contribution in [-0.2, 0) is 9.53 Å². The lowest BCUT2D eigenvalue weighted by atomic mass is 9.95. The molecule has 0 spiro atoms. The van der Waals surface area contributed by atoms with Crippen LogP contribution in [0.15, 0.2) is 0 Å². The summed E-state index contributed by atoms with van der Waals surface area (Å²) in [6.07, 6.45) is 5.19. The normalized spacial score (nSPS) is 24.1. The van der Waals surface area contributed by atoms with E-state index in [0.717, 1.165) is 51.9 Å². The van der Waals surface area contributed by atoms with Crippen LogP contribution in [0.1, 0.15) is 39.0 Å². The van der Waals surface area contributed by atoms with Crippen molar-refractivity contribution in [3.63, 3.8) is 0 Å². The summed E-state index contributed by atoms with van der Waals surface area (Å²) in [5.74, 6) is 0.351. The molecule has 110 valence electrons. The third-order valence-corrected chi connectivity index (χ3v) is 5.63. The van der Waals surface area contributed by atoms with E-state index in [2.05, 4.69) is 12.2 Å². The fourth-order valence-corrected chi connectivity index (χ4v) is 4.13. The Morgan fingerprint density at radius 1 is 1.37 bits per heavy atom. The molecular weight excluding hydrogens is 262 g/mol. The molecule has 0 radical (unpaired) electrons. The number of carboxylic acids is 1. The molecule has 2 N–H and O–H groups in total. The van der Waals surface area contributed by atoms with Crippen molar-refractivity contribution in [1.82, 2.24) is 5.32 Å². The Kier molecular flexibility index (Phi) is 5.54. The number of carbonyl (C=O) groups is 1. The molecule has 0 bridgehead atoms. The highest BCUT2D eigenvalue weighted by atomic mass is 32.2. The van der Waals surface area contributed by atoms with Crippen molar-refractivity contribution >= 4 is 17.7 Å². The van der Waals surface area contributed by atoms with Gasteiger partial charge in [-0.15, -0.1) is 0 Å². The van der Waals surface area contributed by atoms with Crippen molar-refractivity contribution in [2.24, 2.45) is 5.92 Å². The van der Waals surface area contributed by atoms with Gasteiger partial charge in [-0.1, -0.05) is 6.92 Å². The van der Waals surface area contributed by atoms with Crippen molar-refractivity contribution in [2.45, 2.75) is 49.8 Å². The van der Waals surface area contributed by atoms with Crippen molar-refractivity contribution < 1.29 is 14.6 Å². The van der Waals surface area contributed by atoms with Gasteiger partial charge in [-0.3, -0.25) is 4.79 Å². The summed E-state index contributed by atoms with van der Waals surface area (Å²) in [6, 6.07) is 0. The summed E-state index contributed by atoms with van der Waals surface area (Å²) in [5.41, 5.74) is -0.695. The maximum Gasteiger partial charge on any atom is 0.325 e. The molecule has 1 aliphatic carbocycles. The van der Waals surface area contributed by atoms with Gasteiger partial charge in [-0.25, -0.2) is 0 Å². The van der Waals surface area contributed by atoms with E-state index >= 15 is 0 Å². The monoisotopic (exact) mass is 287 g/mol. The van der Waals surface area contributed by atoms with E-state index in [1.54, 1.807) is 0 Å². The topological polar surface area (TPSA) is 58.6 Å². The summed E-state index contributed by atoms with van der Waals surface area (Å²) < 4.78 is 5.36. The minimum atomic E-state index is -0.695. The highest BCUT2D eigenvalue weighted by molar-refractivity contribution is 8.00. The lowest BCUT2D eigenvalue weighted by Crippen LogP contribution is -2.56. The SMILES string of the molecule is CCCNC(CSC1CCOCC1)(C(=O)O)C1CC1. The first-order valence-corrected chi connectivity index (χ1v) is 8.41. The molecule has 5 heteroatoms. The maximum atomic E-state index is 11.8. The van der Waals surface area contributed by atoms with E-state index in [-0.39, 0.29) is 0 Å². The fraction of sp³-hybridized carbons (Fsp3) is 0.929. The third kappa shape index (κ3) is 3.86. The maximum absolute atomic E-state index is 11.8. The summed E-state index contributed by atoms with van der Waals surface area (Å²) >= 11 is 1.83. The molecule has 1 aliphatic heterocycles. The Labute approximate surface area is 119 Å². The van der Waals surface area contributed by atoms with E-state index < -0.39 is 11.5 Å². The van der Waals surface area contributed by atoms with Gasteiger partial charge in [-0.2, -0.15) is 11.8 Å². The summed E-state index contributed by atoms with van der Waals surface area (Å²) in [7, 11) is 0. The van der Waals surface area contributed by atoms with Crippen LogP contribution < -0.4 is 5.32 Å². The van der Waals surface area contributed by atoms with Crippen LogP contribution in [0.5, 0.6) is 0 Å². The molecule has 4 nitrogen and oxygen atoms in total. The molecule has 2 fully saturated rings. The van der Waals surface area contributed by atoms with Gasteiger partial charge in [0.15, 0.2) is 0 Å². The van der Waals surface area contributed by atoms with Gasteiger partial charge in [0.2, 0.25) is 0 Å². The zero-order chi connectivity index (χ0) is 13.7. The number of aliphatic carboxylic acids is 1. The van der Waals surface area contributed by atoms with Crippen molar-refractivity contribution in [3.8, 4) is 0 Å². The van der Waals surface area contributed by atoms with Crippen molar-refractivity contribution in [3.05, 3.63) is 0 Å². The smallest absolute Gasteiger partial charge is 0.325 e. The standard InChI is InChI=1S/C14H25NO3S/c1-2-7-15-14(13(16)17,11-3-4-11)10-19-12-5-8-18-9-6-12/h11-12,15H,2-10H2,1H3,(H,16,17). The molecule has 1 heterocycles. The predicted molar refractivity (Wildman–Crippen MR) is 77.7 cm³/mol. The van der Waals surface area contributed by atoms with Gasteiger partial charge < -0.3 is 15.2 Å². The van der Waals surface area contributed by atoms with Crippen LogP contribution in [0.4, 0.5) is 0 Å². The quantitative estimate of drug-likeness (QED) is 0.716. The molecule has 0 amide bonds. The van der Waals surface area contributed by atoms with E-state index in [1.807, 2.05) is 11.8 Å². The molecule has 19 heavy (non-hydrogen) atoms. The summed E-state index contributed by atoms with van der Waals surface area (Å²) in [6.45, 7) is 4.52. The lowest BCUT2D eigenvalue weighted by Gasteiger charge is -2.33. The Bertz CT molecular complexity index is 303. The number of hydrogen-bond donors (Lipinski definition) is 2. The fourth-order valence-electron chi connectivity index (χ4n) is 2.64. The number of carboxylic acid groups (broad SMARTS) is 1. The number of thioether (sulfide) groups is 1. The van der Waals surface area contributed by atoms with E-state index in [0.29, 0.717) is 16.9 Å². The van der Waals surface area contributed by atoms with Gasteiger partial charge in [0.1, 0.15) is 5.54 Å². The molecule has 0 aromatic carbocycles. The molecule has 2 aliphatic rings. The van der Waals surface area contributed by atoms with Gasteiger partial charge in [0.25, 0.3) is 0 Å². The molecule has 1 unspecified atom stereocenters. The van der Waals surface area contributed by atoms with Crippen LogP contribution >= 0.6 is 11.8 Å². The zero-order valence-corrected chi connectivity index (χ0v) is 12.5. The first-order valence-electron chi connectivity index (χ1n) is 7.37. The molecular formula is C14H25NO3S. The Hall–Kier alpha value is -0.260. The molecule has 2 rings (SSSR count). The lowest BCUT2D eigenvalue weighted by molar-refractivity contribution is -0.144. The molecule has 1 atom stereocenters. The molecule has 1 saturated heterocycles. The largest absolute Gasteiger partial charge is 0.480 e. The van der Waals surface area contributed by atoms with Gasteiger partial charge >= 0.3 is 5.97 Å². The molecule has 1 saturated carbocycles. The van der Waals surface area contributed by atoms with Crippen LogP contribution in [0.2, 0.25) is 0 Å². The molecule has 0 aromatic rings. The minimum Gasteiger partial charge on any atom is -0.480 e. The summed E-state index contributed by atoms with van der Waals surface area (Å²) in [5, 5.41) is 13.6. The third-order valence-electron chi connectivity index (χ3n) is 4.06. The van der Waals surface area contributed by atoms with Crippen LogP contribution in [0, 0.1) is 5.92 Å². The van der Waals surface area contributed by atoms with Crippen LogP contribution in [0.3, 0.4) is 0 Å². The van der Waals surface area contributed by atoms with E-state index in [1.165, 1.54) is 0 Å². The number of nitrogens with one attached hydrogen (secondary N) is 1.